The zero-order chi connectivity index (χ0) is 24.4. The smallest absolute Gasteiger partial charge is 0.236 e. The van der Waals surface area contributed by atoms with Crippen molar-refractivity contribution >= 4 is 31.7 Å². The first kappa shape index (κ1) is 23.8. The Bertz CT molecular complexity index is 1400. The lowest BCUT2D eigenvalue weighted by molar-refractivity contribution is 0.387. The van der Waals surface area contributed by atoms with Crippen LogP contribution in [0.25, 0.3) is 11.5 Å². The Labute approximate surface area is 212 Å². The molecule has 0 radical (unpaired) electrons. The molecule has 5 nitrogen and oxygen atoms in total. The number of halogens is 2. The average Bonchev–Trinajstić information content (AvgIpc) is 3.32. The molecule has 0 spiro atoms. The Balaban J connectivity index is 1.46. The summed E-state index contributed by atoms with van der Waals surface area (Å²) in [6, 6.07) is 22.5. The molecule has 1 saturated heterocycles. The Morgan fingerprint density at radius 3 is 2.26 bits per heavy atom. The summed E-state index contributed by atoms with van der Waals surface area (Å²) in [5, 5.41) is -0.136. The molecule has 0 amide bonds. The molecule has 1 fully saturated rings. The lowest BCUT2D eigenvalue weighted by Gasteiger charge is -2.32. The predicted molar refractivity (Wildman–Crippen MR) is 137 cm³/mol. The van der Waals surface area contributed by atoms with E-state index in [2.05, 4.69) is 45.2 Å². The summed E-state index contributed by atoms with van der Waals surface area (Å²) in [4.78, 5) is 6.38. The van der Waals surface area contributed by atoms with Gasteiger partial charge in [0.1, 0.15) is 5.82 Å². The summed E-state index contributed by atoms with van der Waals surface area (Å²) in [6.07, 6.45) is 2.83. The van der Waals surface area contributed by atoms with Crippen LogP contribution in [0.2, 0.25) is 0 Å². The van der Waals surface area contributed by atoms with Crippen molar-refractivity contribution < 1.29 is 17.2 Å². The molecular weight excluding hydrogens is 531 g/mol. The van der Waals surface area contributed by atoms with Gasteiger partial charge in [-0.2, -0.15) is 4.98 Å². The molecular formula is C27H24BrFN2O3S. The standard InChI is InChI=1S/C27H24BrFN2O3S/c28-22-8-6-21(7-9-22)25-30-26(35(32,33)24-12-10-23(29)11-13-24)27(34-25)31-16-14-20(15-17-31)18-19-4-2-1-3-5-19/h1-13,20H,14-18H2. The summed E-state index contributed by atoms with van der Waals surface area (Å²) in [6.45, 7) is 1.33. The molecule has 2 heterocycles. The number of oxazole rings is 1. The van der Waals surface area contributed by atoms with Crippen molar-refractivity contribution in [3.63, 3.8) is 0 Å². The van der Waals surface area contributed by atoms with E-state index in [1.807, 2.05) is 35.2 Å². The monoisotopic (exact) mass is 554 g/mol. The third-order valence-electron chi connectivity index (χ3n) is 6.32. The first-order valence-electron chi connectivity index (χ1n) is 11.5. The Hall–Kier alpha value is -2.97. The minimum Gasteiger partial charge on any atom is -0.419 e. The summed E-state index contributed by atoms with van der Waals surface area (Å²) in [7, 11) is -4.02. The molecule has 0 aliphatic carbocycles. The molecule has 4 aromatic rings. The number of nitrogens with zero attached hydrogens (tertiary/aromatic N) is 2. The number of piperidine rings is 1. The maximum Gasteiger partial charge on any atom is 0.236 e. The first-order chi connectivity index (χ1) is 16.9. The van der Waals surface area contributed by atoms with Gasteiger partial charge in [0.05, 0.1) is 4.90 Å². The second kappa shape index (κ2) is 9.95. The van der Waals surface area contributed by atoms with E-state index in [9.17, 15) is 12.8 Å². The number of sulfone groups is 1. The first-order valence-corrected chi connectivity index (χ1v) is 13.7. The quantitative estimate of drug-likeness (QED) is 0.253. The Kier molecular flexibility index (Phi) is 6.75. The summed E-state index contributed by atoms with van der Waals surface area (Å²) in [5.41, 5.74) is 1.98. The van der Waals surface area contributed by atoms with Gasteiger partial charge in [0.25, 0.3) is 0 Å². The van der Waals surface area contributed by atoms with Crippen molar-refractivity contribution in [2.75, 3.05) is 18.0 Å². The minimum absolute atomic E-state index is 0.0187. The van der Waals surface area contributed by atoms with Gasteiger partial charge in [-0.15, -0.1) is 0 Å². The van der Waals surface area contributed by atoms with Gasteiger partial charge in [0.15, 0.2) is 0 Å². The van der Waals surface area contributed by atoms with Crippen LogP contribution in [0.5, 0.6) is 0 Å². The van der Waals surface area contributed by atoms with Crippen molar-refractivity contribution in [3.05, 3.63) is 94.7 Å². The number of rotatable bonds is 6. The molecule has 1 aromatic heterocycles. The van der Waals surface area contributed by atoms with Crippen molar-refractivity contribution in [1.29, 1.82) is 0 Å². The van der Waals surface area contributed by atoms with Gasteiger partial charge in [0, 0.05) is 23.1 Å². The average molecular weight is 555 g/mol. The molecule has 1 aliphatic heterocycles. The van der Waals surface area contributed by atoms with Crippen LogP contribution in [0.15, 0.2) is 97.7 Å². The minimum atomic E-state index is -4.02. The van der Waals surface area contributed by atoms with E-state index in [1.165, 1.54) is 17.7 Å². The third kappa shape index (κ3) is 5.18. The van der Waals surface area contributed by atoms with E-state index in [1.54, 1.807) is 0 Å². The van der Waals surface area contributed by atoms with Crippen LogP contribution in [-0.4, -0.2) is 26.5 Å². The van der Waals surface area contributed by atoms with E-state index in [4.69, 9.17) is 4.42 Å². The van der Waals surface area contributed by atoms with Gasteiger partial charge >= 0.3 is 0 Å². The third-order valence-corrected chi connectivity index (χ3v) is 8.51. The van der Waals surface area contributed by atoms with E-state index in [0.717, 1.165) is 35.9 Å². The number of benzene rings is 3. The molecule has 5 rings (SSSR count). The summed E-state index contributed by atoms with van der Waals surface area (Å²) >= 11 is 3.41. The van der Waals surface area contributed by atoms with Crippen molar-refractivity contribution in [3.8, 4) is 11.5 Å². The topological polar surface area (TPSA) is 63.4 Å². The molecule has 0 atom stereocenters. The van der Waals surface area contributed by atoms with Gasteiger partial charge < -0.3 is 9.32 Å². The molecule has 0 saturated carbocycles. The number of hydrogen-bond donors (Lipinski definition) is 0. The largest absolute Gasteiger partial charge is 0.419 e. The molecule has 0 unspecified atom stereocenters. The fraction of sp³-hybridized carbons (Fsp3) is 0.222. The SMILES string of the molecule is O=S(=O)(c1ccc(F)cc1)c1nc(-c2ccc(Br)cc2)oc1N1CCC(Cc2ccccc2)CC1. The number of aromatic nitrogens is 1. The Morgan fingerprint density at radius 2 is 1.60 bits per heavy atom. The van der Waals surface area contributed by atoms with Crippen LogP contribution in [0, 0.1) is 11.7 Å². The highest BCUT2D eigenvalue weighted by Crippen LogP contribution is 2.37. The summed E-state index contributed by atoms with van der Waals surface area (Å²) in [5.74, 6) is 0.491. The molecule has 8 heteroatoms. The van der Waals surface area contributed by atoms with Gasteiger partial charge in [-0.1, -0.05) is 46.3 Å². The molecule has 35 heavy (non-hydrogen) atoms. The van der Waals surface area contributed by atoms with Gasteiger partial charge in [-0.05, 0) is 79.3 Å². The Morgan fingerprint density at radius 1 is 0.943 bits per heavy atom. The molecule has 0 N–H and O–H groups in total. The van der Waals surface area contributed by atoms with E-state index in [0.29, 0.717) is 24.6 Å². The zero-order valence-electron chi connectivity index (χ0n) is 18.9. The molecule has 3 aromatic carbocycles. The number of hydrogen-bond acceptors (Lipinski definition) is 5. The lowest BCUT2D eigenvalue weighted by Crippen LogP contribution is -2.34. The highest BCUT2D eigenvalue weighted by Gasteiger charge is 2.33. The van der Waals surface area contributed by atoms with Gasteiger partial charge in [-0.3, -0.25) is 0 Å². The van der Waals surface area contributed by atoms with E-state index >= 15 is 0 Å². The van der Waals surface area contributed by atoms with Crippen molar-refractivity contribution in [2.24, 2.45) is 5.92 Å². The van der Waals surface area contributed by atoms with Gasteiger partial charge in [0.2, 0.25) is 26.6 Å². The van der Waals surface area contributed by atoms with E-state index < -0.39 is 15.7 Å². The van der Waals surface area contributed by atoms with Crippen LogP contribution in [-0.2, 0) is 16.3 Å². The van der Waals surface area contributed by atoms with Crippen LogP contribution in [0.1, 0.15) is 18.4 Å². The molecule has 1 aliphatic rings. The van der Waals surface area contributed by atoms with Crippen LogP contribution in [0.3, 0.4) is 0 Å². The van der Waals surface area contributed by atoms with Crippen molar-refractivity contribution in [1.82, 2.24) is 4.98 Å². The fourth-order valence-electron chi connectivity index (χ4n) is 4.40. The number of anilines is 1. The highest BCUT2D eigenvalue weighted by atomic mass is 79.9. The predicted octanol–water partition coefficient (Wildman–Crippen LogP) is 6.54. The zero-order valence-corrected chi connectivity index (χ0v) is 21.3. The summed E-state index contributed by atoms with van der Waals surface area (Å²) < 4.78 is 47.5. The lowest BCUT2D eigenvalue weighted by atomic mass is 9.90. The van der Waals surface area contributed by atoms with Crippen LogP contribution >= 0.6 is 15.9 Å². The molecule has 0 bridgehead atoms. The maximum atomic E-state index is 13.5. The van der Waals surface area contributed by atoms with Gasteiger partial charge in [-0.25, -0.2) is 12.8 Å². The maximum absolute atomic E-state index is 13.5. The van der Waals surface area contributed by atoms with Crippen LogP contribution in [0.4, 0.5) is 10.3 Å². The second-order valence-electron chi connectivity index (χ2n) is 8.71. The van der Waals surface area contributed by atoms with Crippen molar-refractivity contribution in [2.45, 2.75) is 29.2 Å². The highest BCUT2D eigenvalue weighted by molar-refractivity contribution is 9.10. The normalized spacial score (nSPS) is 14.9. The van der Waals surface area contributed by atoms with Crippen LogP contribution < -0.4 is 4.90 Å². The fourth-order valence-corrected chi connectivity index (χ4v) is 5.99. The molecule has 180 valence electrons. The second-order valence-corrected chi connectivity index (χ2v) is 11.5. The van der Waals surface area contributed by atoms with E-state index in [-0.39, 0.29) is 21.7 Å².